The lowest BCUT2D eigenvalue weighted by Crippen LogP contribution is -2.08. The number of anilines is 1. The number of carbonyl (C=O) groups excluding carboxylic acids is 1. The third kappa shape index (κ3) is 2.26. The molecule has 2 aromatic heterocycles. The SMILES string of the molecule is COC(=O)c1cncc(-n2cc(Br)c(N)n2)n1. The van der Waals surface area contributed by atoms with Crippen molar-refractivity contribution >= 4 is 27.7 Å². The molecule has 0 fully saturated rings. The van der Waals surface area contributed by atoms with E-state index in [9.17, 15) is 4.79 Å². The number of ether oxygens (including phenoxy) is 1. The molecule has 0 aliphatic heterocycles. The van der Waals surface area contributed by atoms with E-state index in [1.807, 2.05) is 0 Å². The minimum Gasteiger partial charge on any atom is -0.464 e. The molecular weight excluding hydrogens is 290 g/mol. The van der Waals surface area contributed by atoms with Crippen LogP contribution < -0.4 is 5.73 Å². The van der Waals surface area contributed by atoms with Crippen molar-refractivity contribution in [3.63, 3.8) is 0 Å². The molecule has 0 aliphatic carbocycles. The molecule has 2 rings (SSSR count). The van der Waals surface area contributed by atoms with E-state index in [1.165, 1.54) is 24.2 Å². The van der Waals surface area contributed by atoms with Gasteiger partial charge in [0, 0.05) is 6.20 Å². The van der Waals surface area contributed by atoms with Gasteiger partial charge in [-0.1, -0.05) is 0 Å². The highest BCUT2D eigenvalue weighted by Gasteiger charge is 2.11. The summed E-state index contributed by atoms with van der Waals surface area (Å²) in [4.78, 5) is 19.2. The summed E-state index contributed by atoms with van der Waals surface area (Å²) in [6.45, 7) is 0. The standard InChI is InChI=1S/C9H8BrN5O2/c1-17-9(16)6-2-12-3-7(13-6)15-4-5(10)8(11)14-15/h2-4H,1H3,(H2,11,14). The molecule has 0 spiro atoms. The maximum absolute atomic E-state index is 11.3. The molecular formula is C9H8BrN5O2. The number of hydrogen-bond donors (Lipinski definition) is 1. The van der Waals surface area contributed by atoms with Crippen molar-refractivity contribution in [1.29, 1.82) is 0 Å². The van der Waals surface area contributed by atoms with Gasteiger partial charge in [-0.2, -0.15) is 0 Å². The maximum atomic E-state index is 11.3. The predicted molar refractivity (Wildman–Crippen MR) is 62.6 cm³/mol. The zero-order valence-electron chi connectivity index (χ0n) is 8.79. The zero-order chi connectivity index (χ0) is 12.4. The Bertz CT molecular complexity index is 549. The topological polar surface area (TPSA) is 95.9 Å². The van der Waals surface area contributed by atoms with Gasteiger partial charge in [0.1, 0.15) is 0 Å². The summed E-state index contributed by atoms with van der Waals surface area (Å²) in [6, 6.07) is 0. The molecule has 0 saturated carbocycles. The van der Waals surface area contributed by atoms with E-state index in [1.54, 1.807) is 6.20 Å². The molecule has 88 valence electrons. The number of halogens is 1. The molecule has 17 heavy (non-hydrogen) atoms. The van der Waals surface area contributed by atoms with E-state index < -0.39 is 5.97 Å². The molecule has 2 aromatic rings. The summed E-state index contributed by atoms with van der Waals surface area (Å²) in [7, 11) is 1.28. The fourth-order valence-electron chi connectivity index (χ4n) is 1.15. The zero-order valence-corrected chi connectivity index (χ0v) is 10.4. The van der Waals surface area contributed by atoms with Crippen molar-refractivity contribution in [2.45, 2.75) is 0 Å². The van der Waals surface area contributed by atoms with Gasteiger partial charge in [0.25, 0.3) is 0 Å². The first-order chi connectivity index (χ1) is 8.11. The van der Waals surface area contributed by atoms with E-state index in [0.29, 0.717) is 16.1 Å². The van der Waals surface area contributed by atoms with Crippen LogP contribution in [-0.2, 0) is 4.74 Å². The van der Waals surface area contributed by atoms with Crippen molar-refractivity contribution in [1.82, 2.24) is 19.7 Å². The van der Waals surface area contributed by atoms with Crippen molar-refractivity contribution in [3.8, 4) is 5.82 Å². The van der Waals surface area contributed by atoms with Crippen LogP contribution in [0.1, 0.15) is 10.5 Å². The minimum absolute atomic E-state index is 0.107. The van der Waals surface area contributed by atoms with Gasteiger partial charge in [-0.3, -0.25) is 4.98 Å². The molecule has 0 saturated heterocycles. The van der Waals surface area contributed by atoms with Crippen LogP contribution in [0.2, 0.25) is 0 Å². The van der Waals surface area contributed by atoms with Gasteiger partial charge in [0.2, 0.25) is 0 Å². The second-order valence-electron chi connectivity index (χ2n) is 3.06. The largest absolute Gasteiger partial charge is 0.464 e. The Morgan fingerprint density at radius 1 is 1.53 bits per heavy atom. The van der Waals surface area contributed by atoms with Gasteiger partial charge in [-0.25, -0.2) is 14.5 Å². The van der Waals surface area contributed by atoms with Crippen molar-refractivity contribution in [3.05, 3.63) is 28.8 Å². The van der Waals surface area contributed by atoms with E-state index in [0.717, 1.165) is 0 Å². The second kappa shape index (κ2) is 4.50. The molecule has 0 amide bonds. The molecule has 0 aliphatic rings. The number of rotatable bonds is 2. The molecule has 0 radical (unpaired) electrons. The molecule has 0 aromatic carbocycles. The number of carbonyl (C=O) groups is 1. The van der Waals surface area contributed by atoms with Crippen LogP contribution in [0.4, 0.5) is 5.82 Å². The van der Waals surface area contributed by atoms with E-state index in [2.05, 4.69) is 35.7 Å². The Kier molecular flexibility index (Phi) is 3.05. The minimum atomic E-state index is -0.557. The Balaban J connectivity index is 2.42. The van der Waals surface area contributed by atoms with Gasteiger partial charge in [0.05, 0.1) is 24.0 Å². The van der Waals surface area contributed by atoms with Crippen LogP contribution in [0.5, 0.6) is 0 Å². The number of nitrogen functional groups attached to an aromatic ring is 1. The van der Waals surface area contributed by atoms with E-state index >= 15 is 0 Å². The highest BCUT2D eigenvalue weighted by atomic mass is 79.9. The Hall–Kier alpha value is -1.96. The van der Waals surface area contributed by atoms with Gasteiger partial charge in [-0.15, -0.1) is 5.10 Å². The summed E-state index contributed by atoms with van der Waals surface area (Å²) >= 11 is 3.23. The number of esters is 1. The summed E-state index contributed by atoms with van der Waals surface area (Å²) in [5.41, 5.74) is 5.69. The lowest BCUT2D eigenvalue weighted by molar-refractivity contribution is 0.0593. The van der Waals surface area contributed by atoms with Crippen LogP contribution in [0.3, 0.4) is 0 Å². The molecule has 0 atom stereocenters. The van der Waals surface area contributed by atoms with Crippen LogP contribution in [0.15, 0.2) is 23.1 Å². The number of hydrogen-bond acceptors (Lipinski definition) is 6. The van der Waals surface area contributed by atoms with Gasteiger partial charge >= 0.3 is 5.97 Å². The third-order valence-electron chi connectivity index (χ3n) is 1.95. The first kappa shape index (κ1) is 11.5. The van der Waals surface area contributed by atoms with E-state index in [-0.39, 0.29) is 5.69 Å². The van der Waals surface area contributed by atoms with Crippen molar-refractivity contribution < 1.29 is 9.53 Å². The first-order valence-electron chi connectivity index (χ1n) is 4.53. The highest BCUT2D eigenvalue weighted by Crippen LogP contribution is 2.18. The highest BCUT2D eigenvalue weighted by molar-refractivity contribution is 9.10. The average molecular weight is 298 g/mol. The average Bonchev–Trinajstić information content (AvgIpc) is 2.69. The Morgan fingerprint density at radius 3 is 2.88 bits per heavy atom. The summed E-state index contributed by atoms with van der Waals surface area (Å²) < 4.78 is 6.61. The molecule has 2 N–H and O–H groups in total. The lowest BCUT2D eigenvalue weighted by Gasteiger charge is -2.01. The predicted octanol–water partition coefficient (Wildman–Crippen LogP) is 0.794. The maximum Gasteiger partial charge on any atom is 0.358 e. The van der Waals surface area contributed by atoms with Crippen LogP contribution in [-0.4, -0.2) is 32.8 Å². The molecule has 7 nitrogen and oxygen atoms in total. The summed E-state index contributed by atoms with van der Waals surface area (Å²) in [6.07, 6.45) is 4.41. The van der Waals surface area contributed by atoms with Gasteiger partial charge in [-0.05, 0) is 15.9 Å². The lowest BCUT2D eigenvalue weighted by atomic mass is 10.4. The van der Waals surface area contributed by atoms with E-state index in [4.69, 9.17) is 5.73 Å². The monoisotopic (exact) mass is 297 g/mol. The van der Waals surface area contributed by atoms with Crippen LogP contribution >= 0.6 is 15.9 Å². The van der Waals surface area contributed by atoms with Crippen molar-refractivity contribution in [2.75, 3.05) is 12.8 Å². The van der Waals surface area contributed by atoms with Gasteiger partial charge in [0.15, 0.2) is 17.3 Å². The smallest absolute Gasteiger partial charge is 0.358 e. The summed E-state index contributed by atoms with van der Waals surface area (Å²) in [5, 5.41) is 4.00. The number of aromatic nitrogens is 4. The fourth-order valence-corrected chi connectivity index (χ4v) is 1.43. The number of nitrogens with two attached hydrogens (primary N) is 1. The Morgan fingerprint density at radius 2 is 2.29 bits per heavy atom. The second-order valence-corrected chi connectivity index (χ2v) is 3.92. The van der Waals surface area contributed by atoms with Crippen LogP contribution in [0, 0.1) is 0 Å². The molecule has 0 unspecified atom stereocenters. The Labute approximate surface area is 105 Å². The van der Waals surface area contributed by atoms with Gasteiger partial charge < -0.3 is 10.5 Å². The molecule has 8 heteroatoms. The third-order valence-corrected chi connectivity index (χ3v) is 2.56. The normalized spacial score (nSPS) is 10.2. The first-order valence-corrected chi connectivity index (χ1v) is 5.32. The molecule has 0 bridgehead atoms. The fraction of sp³-hybridized carbons (Fsp3) is 0.111. The number of nitrogens with zero attached hydrogens (tertiary/aromatic N) is 4. The quantitative estimate of drug-likeness (QED) is 0.824. The van der Waals surface area contributed by atoms with Crippen LogP contribution in [0.25, 0.3) is 5.82 Å². The van der Waals surface area contributed by atoms with Crippen molar-refractivity contribution in [2.24, 2.45) is 0 Å². The summed E-state index contributed by atoms with van der Waals surface area (Å²) in [5.74, 6) is 0.152. The number of methoxy groups -OCH3 is 1. The molecule has 2 heterocycles.